The topological polar surface area (TPSA) is 94.0 Å². The molecule has 0 aromatic carbocycles. The Balaban J connectivity index is 0.00000196. The molecule has 0 atom stereocenters. The highest BCUT2D eigenvalue weighted by Gasteiger charge is 2.21. The number of carbonyl (C=O) groups is 2. The first-order valence-corrected chi connectivity index (χ1v) is 9.26. The van der Waals surface area contributed by atoms with Crippen molar-refractivity contribution in [1.82, 2.24) is 25.2 Å². The van der Waals surface area contributed by atoms with E-state index >= 15 is 0 Å². The van der Waals surface area contributed by atoms with E-state index in [-0.39, 0.29) is 36.6 Å². The zero-order valence-corrected chi connectivity index (χ0v) is 17.8. The fraction of sp³-hybridized carbons (Fsp3) is 0.706. The van der Waals surface area contributed by atoms with Gasteiger partial charge in [-0.25, -0.2) is 0 Å². The molecule has 2 N–H and O–H groups in total. The Hall–Kier alpha value is -1.39. The van der Waals surface area contributed by atoms with E-state index in [1.165, 1.54) is 0 Å². The van der Waals surface area contributed by atoms with Gasteiger partial charge in [0.25, 0.3) is 0 Å². The minimum atomic E-state index is -0.0827. The number of aromatic nitrogens is 1. The maximum absolute atomic E-state index is 12.2. The Morgan fingerprint density at radius 1 is 1.11 bits per heavy atom. The number of aryl methyl sites for hydroxylation is 1. The van der Waals surface area contributed by atoms with Gasteiger partial charge >= 0.3 is 0 Å². The van der Waals surface area contributed by atoms with Crippen LogP contribution in [0.4, 0.5) is 5.82 Å². The number of nitrogens with one attached hydrogen (secondary N) is 2. The average molecular weight is 437 g/mol. The zero-order valence-electron chi connectivity index (χ0n) is 16.2. The van der Waals surface area contributed by atoms with Crippen LogP contribution in [0.2, 0.25) is 0 Å². The number of hydrogen-bond acceptors (Lipinski definition) is 7. The van der Waals surface area contributed by atoms with Gasteiger partial charge in [-0.1, -0.05) is 5.16 Å². The van der Waals surface area contributed by atoms with E-state index < -0.39 is 0 Å². The Morgan fingerprint density at radius 3 is 2.36 bits per heavy atom. The molecular formula is C17H30Cl2N6O3. The number of amides is 2. The first kappa shape index (κ1) is 24.6. The zero-order chi connectivity index (χ0) is 18.4. The molecule has 0 bridgehead atoms. The van der Waals surface area contributed by atoms with Crippen molar-refractivity contribution in [3.63, 3.8) is 0 Å². The minimum absolute atomic E-state index is 0. The molecule has 0 aliphatic carbocycles. The molecular weight excluding hydrogens is 407 g/mol. The monoisotopic (exact) mass is 436 g/mol. The number of nitrogens with zero attached hydrogens (tertiary/aromatic N) is 4. The van der Waals surface area contributed by atoms with Crippen molar-refractivity contribution in [3.05, 3.63) is 11.8 Å². The molecule has 0 saturated carbocycles. The van der Waals surface area contributed by atoms with E-state index in [0.717, 1.165) is 58.9 Å². The maximum atomic E-state index is 12.2. The fourth-order valence-corrected chi connectivity index (χ4v) is 3.31. The average Bonchev–Trinajstić information content (AvgIpc) is 3.06. The summed E-state index contributed by atoms with van der Waals surface area (Å²) >= 11 is 0. The molecule has 1 aromatic heterocycles. The first-order chi connectivity index (χ1) is 12.6. The third-order valence-electron chi connectivity index (χ3n) is 4.84. The summed E-state index contributed by atoms with van der Waals surface area (Å²) in [6, 6.07) is 1.70. The lowest BCUT2D eigenvalue weighted by atomic mass is 10.2. The lowest BCUT2D eigenvalue weighted by Crippen LogP contribution is -2.50. The van der Waals surface area contributed by atoms with Crippen LogP contribution in [0.15, 0.2) is 10.6 Å². The van der Waals surface area contributed by atoms with Crippen LogP contribution in [-0.4, -0.2) is 97.1 Å². The molecule has 3 rings (SSSR count). The molecule has 11 heteroatoms. The van der Waals surface area contributed by atoms with Gasteiger partial charge in [0.05, 0.1) is 6.54 Å². The number of carbonyl (C=O) groups excluding carboxylic acids is 2. The fourth-order valence-electron chi connectivity index (χ4n) is 3.31. The quantitative estimate of drug-likeness (QED) is 0.657. The molecule has 2 amide bonds. The van der Waals surface area contributed by atoms with Gasteiger partial charge in [-0.05, 0) is 6.92 Å². The molecule has 3 heterocycles. The number of hydrogen-bond donors (Lipinski definition) is 2. The Morgan fingerprint density at radius 2 is 1.75 bits per heavy atom. The molecule has 0 radical (unpaired) electrons. The number of anilines is 1. The predicted octanol–water partition coefficient (Wildman–Crippen LogP) is 0.205. The molecule has 2 fully saturated rings. The number of rotatable bonds is 6. The molecule has 2 aliphatic rings. The van der Waals surface area contributed by atoms with E-state index in [1.807, 2.05) is 4.90 Å². The predicted molar refractivity (Wildman–Crippen MR) is 111 cm³/mol. The molecule has 2 saturated heterocycles. The Bertz CT molecular complexity index is 616. The summed E-state index contributed by atoms with van der Waals surface area (Å²) in [5.41, 5.74) is 0. The van der Waals surface area contributed by atoms with E-state index in [4.69, 9.17) is 4.52 Å². The molecule has 2 aliphatic heterocycles. The third kappa shape index (κ3) is 7.56. The highest BCUT2D eigenvalue weighted by Crippen LogP contribution is 2.08. The summed E-state index contributed by atoms with van der Waals surface area (Å²) in [6.07, 6.45) is 0.575. The van der Waals surface area contributed by atoms with E-state index in [1.54, 1.807) is 13.0 Å². The second-order valence-electron chi connectivity index (χ2n) is 6.87. The van der Waals surface area contributed by atoms with Crippen LogP contribution in [0.25, 0.3) is 0 Å². The van der Waals surface area contributed by atoms with Crippen molar-refractivity contribution in [3.8, 4) is 0 Å². The Labute approximate surface area is 178 Å². The van der Waals surface area contributed by atoms with Crippen LogP contribution >= 0.6 is 24.8 Å². The van der Waals surface area contributed by atoms with Crippen LogP contribution in [0.1, 0.15) is 12.2 Å². The molecule has 1 aromatic rings. The van der Waals surface area contributed by atoms with Gasteiger partial charge in [-0.2, -0.15) is 0 Å². The van der Waals surface area contributed by atoms with Gasteiger partial charge in [0, 0.05) is 71.4 Å². The van der Waals surface area contributed by atoms with Gasteiger partial charge < -0.3 is 25.0 Å². The highest BCUT2D eigenvalue weighted by atomic mass is 35.5. The van der Waals surface area contributed by atoms with Crippen molar-refractivity contribution < 1.29 is 14.1 Å². The summed E-state index contributed by atoms with van der Waals surface area (Å²) in [6.45, 7) is 9.74. The second kappa shape index (κ2) is 12.2. The van der Waals surface area contributed by atoms with Crippen molar-refractivity contribution in [2.75, 3.05) is 70.8 Å². The molecule has 160 valence electrons. The molecule has 0 unspecified atom stereocenters. The van der Waals surface area contributed by atoms with E-state index in [9.17, 15) is 9.59 Å². The largest absolute Gasteiger partial charge is 0.360 e. The molecule has 28 heavy (non-hydrogen) atoms. The van der Waals surface area contributed by atoms with Gasteiger partial charge in [0.15, 0.2) is 5.82 Å². The van der Waals surface area contributed by atoms with Crippen molar-refractivity contribution in [2.45, 2.75) is 13.3 Å². The summed E-state index contributed by atoms with van der Waals surface area (Å²) in [4.78, 5) is 30.6. The second-order valence-corrected chi connectivity index (χ2v) is 6.87. The summed E-state index contributed by atoms with van der Waals surface area (Å²) in [5, 5.41) is 9.77. The van der Waals surface area contributed by atoms with Crippen LogP contribution < -0.4 is 10.6 Å². The minimum Gasteiger partial charge on any atom is -0.360 e. The lowest BCUT2D eigenvalue weighted by molar-refractivity contribution is -0.132. The van der Waals surface area contributed by atoms with Gasteiger partial charge in [0.2, 0.25) is 11.8 Å². The smallest absolute Gasteiger partial charge is 0.239 e. The standard InChI is InChI=1S/C17H28N6O3.2ClH/c1-14-12-15(20-26-14)19-16(24)13-22-10-8-21(9-11-22)5-2-17(25)23-6-3-18-4-7-23;;/h12,18H,2-11,13H2,1H3,(H,19,20,24);2*1H. The van der Waals surface area contributed by atoms with Crippen LogP contribution in [-0.2, 0) is 9.59 Å². The number of piperazine rings is 2. The first-order valence-electron chi connectivity index (χ1n) is 9.26. The Kier molecular flexibility index (Phi) is 10.8. The van der Waals surface area contributed by atoms with Gasteiger partial charge in [-0.3, -0.25) is 14.5 Å². The van der Waals surface area contributed by atoms with Gasteiger partial charge in [0.1, 0.15) is 5.76 Å². The SMILES string of the molecule is Cc1cc(NC(=O)CN2CCN(CCC(=O)N3CCNCC3)CC2)no1.Cl.Cl. The van der Waals surface area contributed by atoms with E-state index in [0.29, 0.717) is 24.5 Å². The summed E-state index contributed by atoms with van der Waals surface area (Å²) in [7, 11) is 0. The van der Waals surface area contributed by atoms with Crippen molar-refractivity contribution in [1.29, 1.82) is 0 Å². The maximum Gasteiger partial charge on any atom is 0.239 e. The summed E-state index contributed by atoms with van der Waals surface area (Å²) in [5.74, 6) is 1.29. The molecule has 9 nitrogen and oxygen atoms in total. The van der Waals surface area contributed by atoms with Crippen LogP contribution in [0.3, 0.4) is 0 Å². The van der Waals surface area contributed by atoms with Crippen molar-refractivity contribution >= 4 is 42.4 Å². The van der Waals surface area contributed by atoms with E-state index in [2.05, 4.69) is 25.6 Å². The molecule has 0 spiro atoms. The normalized spacial score (nSPS) is 18.1. The number of halogens is 2. The lowest BCUT2D eigenvalue weighted by Gasteiger charge is -2.34. The highest BCUT2D eigenvalue weighted by molar-refractivity contribution is 5.91. The van der Waals surface area contributed by atoms with Crippen LogP contribution in [0, 0.1) is 6.92 Å². The third-order valence-corrected chi connectivity index (χ3v) is 4.84. The van der Waals surface area contributed by atoms with Gasteiger partial charge in [-0.15, -0.1) is 24.8 Å². The van der Waals surface area contributed by atoms with Crippen molar-refractivity contribution in [2.24, 2.45) is 0 Å². The summed E-state index contributed by atoms with van der Waals surface area (Å²) < 4.78 is 4.94. The van der Waals surface area contributed by atoms with Crippen LogP contribution in [0.5, 0.6) is 0 Å².